The Balaban J connectivity index is 2.91. The summed E-state index contributed by atoms with van der Waals surface area (Å²) in [5, 5.41) is 2.08. The van der Waals surface area contributed by atoms with Gasteiger partial charge in [-0.25, -0.2) is 8.78 Å². The summed E-state index contributed by atoms with van der Waals surface area (Å²) in [5.41, 5.74) is -0.563. The molecule has 0 radical (unpaired) electrons. The van der Waals surface area contributed by atoms with Gasteiger partial charge >= 0.3 is 0 Å². The number of rotatable bonds is 3. The van der Waals surface area contributed by atoms with E-state index in [1.54, 1.807) is 6.92 Å². The van der Waals surface area contributed by atoms with Crippen LogP contribution >= 0.6 is 22.5 Å². The lowest BCUT2D eigenvalue weighted by molar-refractivity contribution is 0.0943. The Kier molecular flexibility index (Phi) is 4.41. The molecule has 1 rings (SSSR count). The second-order valence-corrected chi connectivity index (χ2v) is 4.37. The van der Waals surface area contributed by atoms with Crippen molar-refractivity contribution in [2.45, 2.75) is 12.3 Å². The Morgan fingerprint density at radius 2 is 2.00 bits per heavy atom. The molecule has 0 aromatic heterocycles. The summed E-state index contributed by atoms with van der Waals surface area (Å²) in [7, 11) is 1.08. The van der Waals surface area contributed by atoms with Crippen LogP contribution in [0.3, 0.4) is 0 Å². The molecule has 6 heteroatoms. The summed E-state index contributed by atoms with van der Waals surface area (Å²) < 4.78 is 26.3. The van der Waals surface area contributed by atoms with Gasteiger partial charge in [-0.1, -0.05) is 16.9 Å². The van der Waals surface area contributed by atoms with Crippen LogP contribution < -0.4 is 5.32 Å². The lowest BCUT2D eigenvalue weighted by Gasteiger charge is -2.10. The fourth-order valence-corrected chi connectivity index (χ4v) is 1.32. The minimum atomic E-state index is -0.871. The van der Waals surface area contributed by atoms with Crippen molar-refractivity contribution < 1.29 is 13.6 Å². The molecule has 0 heterocycles. The molecular formula is C9H9F2NOS2. The smallest absolute Gasteiger partial charge is 0.258 e. The molecule has 1 aromatic carbocycles. The first-order chi connectivity index (χ1) is 7.06. The van der Waals surface area contributed by atoms with E-state index in [-0.39, 0.29) is 5.37 Å². The number of amides is 1. The maximum atomic E-state index is 13.1. The zero-order valence-corrected chi connectivity index (χ0v) is 9.54. The van der Waals surface area contributed by atoms with Gasteiger partial charge in [-0.2, -0.15) is 0 Å². The van der Waals surface area contributed by atoms with Crippen molar-refractivity contribution >= 4 is 28.4 Å². The molecule has 1 unspecified atom stereocenters. The second kappa shape index (κ2) is 5.37. The van der Waals surface area contributed by atoms with E-state index in [1.807, 2.05) is 0 Å². The molecule has 0 saturated carbocycles. The van der Waals surface area contributed by atoms with Gasteiger partial charge in [0.2, 0.25) is 0 Å². The number of carbonyl (C=O) groups excluding carboxylic acids is 1. The summed E-state index contributed by atoms with van der Waals surface area (Å²) in [6.07, 6.45) is 0. The van der Waals surface area contributed by atoms with Crippen LogP contribution in [0.25, 0.3) is 0 Å². The number of carbonyl (C=O) groups is 1. The van der Waals surface area contributed by atoms with Crippen molar-refractivity contribution in [2.24, 2.45) is 0 Å². The maximum absolute atomic E-state index is 13.1. The number of halogens is 2. The van der Waals surface area contributed by atoms with Crippen LogP contribution in [0.1, 0.15) is 17.3 Å². The predicted octanol–water partition coefficient (Wildman–Crippen LogP) is 2.62. The molecule has 0 aliphatic heterocycles. The third-order valence-corrected chi connectivity index (χ3v) is 3.07. The molecule has 1 N–H and O–H groups in total. The van der Waals surface area contributed by atoms with Gasteiger partial charge in [0.25, 0.3) is 5.91 Å². The van der Waals surface area contributed by atoms with Gasteiger partial charge in [0.15, 0.2) is 0 Å². The number of hydrogen-bond donors (Lipinski definition) is 2. The molecule has 1 atom stereocenters. The summed E-state index contributed by atoms with van der Waals surface area (Å²) in [6.45, 7) is 1.66. The highest BCUT2D eigenvalue weighted by Crippen LogP contribution is 2.15. The van der Waals surface area contributed by atoms with E-state index >= 15 is 0 Å². The highest BCUT2D eigenvalue weighted by molar-refractivity contribution is 8.68. The fraction of sp³-hybridized carbons (Fsp3) is 0.222. The molecule has 0 fully saturated rings. The Labute approximate surface area is 95.2 Å². The first-order valence-electron chi connectivity index (χ1n) is 4.11. The largest absolute Gasteiger partial charge is 0.340 e. The predicted molar refractivity (Wildman–Crippen MR) is 59.9 cm³/mol. The second-order valence-electron chi connectivity index (χ2n) is 2.82. The third kappa shape index (κ3) is 3.10. The molecule has 0 aliphatic carbocycles. The van der Waals surface area contributed by atoms with Crippen LogP contribution in [-0.4, -0.2) is 11.3 Å². The Hall–Kier alpha value is -0.750. The van der Waals surface area contributed by atoms with Crippen LogP contribution in [0, 0.1) is 11.6 Å². The molecular weight excluding hydrogens is 240 g/mol. The lowest BCUT2D eigenvalue weighted by Crippen LogP contribution is -2.31. The van der Waals surface area contributed by atoms with E-state index < -0.39 is 23.1 Å². The Morgan fingerprint density at radius 3 is 2.47 bits per heavy atom. The van der Waals surface area contributed by atoms with Gasteiger partial charge in [0, 0.05) is 0 Å². The van der Waals surface area contributed by atoms with Crippen LogP contribution in [-0.2, 0) is 0 Å². The van der Waals surface area contributed by atoms with E-state index in [1.165, 1.54) is 6.07 Å². The summed E-state index contributed by atoms with van der Waals surface area (Å²) in [6, 6.07) is 3.28. The van der Waals surface area contributed by atoms with Crippen molar-refractivity contribution in [1.82, 2.24) is 5.32 Å². The van der Waals surface area contributed by atoms with E-state index in [0.29, 0.717) is 0 Å². The van der Waals surface area contributed by atoms with Crippen LogP contribution in [0.15, 0.2) is 18.2 Å². The third-order valence-electron chi connectivity index (χ3n) is 1.68. The number of benzene rings is 1. The molecule has 0 saturated heterocycles. The van der Waals surface area contributed by atoms with Gasteiger partial charge in [-0.15, -0.1) is 11.7 Å². The molecule has 1 amide bonds. The van der Waals surface area contributed by atoms with E-state index in [9.17, 15) is 13.6 Å². The molecule has 15 heavy (non-hydrogen) atoms. The molecule has 0 spiro atoms. The summed E-state index contributed by atoms with van der Waals surface area (Å²) in [5.74, 6) is -2.52. The minimum absolute atomic E-state index is 0.320. The first-order valence-corrected chi connectivity index (χ1v) is 6.04. The van der Waals surface area contributed by atoms with Crippen molar-refractivity contribution in [1.29, 1.82) is 0 Å². The van der Waals surface area contributed by atoms with Gasteiger partial charge in [-0.3, -0.25) is 4.79 Å². The highest BCUT2D eigenvalue weighted by Gasteiger charge is 2.18. The lowest BCUT2D eigenvalue weighted by atomic mass is 10.2. The zero-order valence-electron chi connectivity index (χ0n) is 7.83. The molecule has 82 valence electrons. The average Bonchev–Trinajstić information content (AvgIpc) is 2.17. The zero-order chi connectivity index (χ0) is 11.4. The minimum Gasteiger partial charge on any atom is -0.340 e. The molecule has 0 bridgehead atoms. The van der Waals surface area contributed by atoms with Crippen molar-refractivity contribution in [3.05, 3.63) is 35.4 Å². The molecule has 0 aliphatic rings. The maximum Gasteiger partial charge on any atom is 0.258 e. The average molecular weight is 249 g/mol. The number of thiol groups is 1. The SMILES string of the molecule is CC(NC(=O)c1c(F)cccc1F)SS. The first kappa shape index (κ1) is 12.3. The van der Waals surface area contributed by atoms with E-state index in [0.717, 1.165) is 22.9 Å². The van der Waals surface area contributed by atoms with Gasteiger partial charge in [0.05, 0.1) is 5.37 Å². The standard InChI is InChI=1S/C9H9F2NOS2/c1-5(15-14)12-9(13)8-6(10)3-2-4-7(8)11/h2-5,14H,1H3,(H,12,13). The molecule has 2 nitrogen and oxygen atoms in total. The van der Waals surface area contributed by atoms with Crippen molar-refractivity contribution in [3.63, 3.8) is 0 Å². The fourth-order valence-electron chi connectivity index (χ4n) is 0.998. The van der Waals surface area contributed by atoms with Crippen molar-refractivity contribution in [3.8, 4) is 0 Å². The Morgan fingerprint density at radius 1 is 1.47 bits per heavy atom. The number of hydrogen-bond acceptors (Lipinski definition) is 3. The normalized spacial score (nSPS) is 12.3. The quantitative estimate of drug-likeness (QED) is 0.490. The van der Waals surface area contributed by atoms with Gasteiger partial charge < -0.3 is 5.32 Å². The Bertz CT molecular complexity index is 353. The van der Waals surface area contributed by atoms with Crippen LogP contribution in [0.5, 0.6) is 0 Å². The van der Waals surface area contributed by atoms with Crippen LogP contribution in [0.4, 0.5) is 8.78 Å². The highest BCUT2D eigenvalue weighted by atomic mass is 33.1. The number of nitrogens with one attached hydrogen (secondary N) is 1. The van der Waals surface area contributed by atoms with E-state index in [4.69, 9.17) is 0 Å². The van der Waals surface area contributed by atoms with Crippen LogP contribution in [0.2, 0.25) is 0 Å². The topological polar surface area (TPSA) is 29.1 Å². The summed E-state index contributed by atoms with van der Waals surface area (Å²) in [4.78, 5) is 11.4. The summed E-state index contributed by atoms with van der Waals surface area (Å²) >= 11 is 3.87. The van der Waals surface area contributed by atoms with Gasteiger partial charge in [0.1, 0.15) is 17.2 Å². The molecule has 1 aromatic rings. The monoisotopic (exact) mass is 249 g/mol. The van der Waals surface area contributed by atoms with Gasteiger partial charge in [-0.05, 0) is 19.1 Å². The van der Waals surface area contributed by atoms with E-state index in [2.05, 4.69) is 17.0 Å². The van der Waals surface area contributed by atoms with Crippen molar-refractivity contribution in [2.75, 3.05) is 0 Å².